The Hall–Kier alpha value is -0.330. The molecule has 0 radical (unpaired) electrons. The highest BCUT2D eigenvalue weighted by Crippen LogP contribution is 2.36. The van der Waals surface area contributed by atoms with Crippen LogP contribution in [0, 0.1) is 5.92 Å². The van der Waals surface area contributed by atoms with Crippen LogP contribution >= 0.6 is 23.2 Å². The maximum absolute atomic E-state index is 12.3. The minimum Gasteiger partial charge on any atom is -0.396 e. The van der Waals surface area contributed by atoms with Crippen molar-refractivity contribution in [2.24, 2.45) is 5.92 Å². The van der Waals surface area contributed by atoms with Crippen molar-refractivity contribution in [2.45, 2.75) is 30.2 Å². The molecule has 1 atom stereocenters. The van der Waals surface area contributed by atoms with Gasteiger partial charge < -0.3 is 5.11 Å². The smallest absolute Gasteiger partial charge is 0.243 e. The largest absolute Gasteiger partial charge is 0.396 e. The molecule has 4 nitrogen and oxygen atoms in total. The second-order valence-corrected chi connectivity index (χ2v) is 7.09. The first-order chi connectivity index (χ1) is 8.95. The highest BCUT2D eigenvalue weighted by atomic mass is 35.5. The van der Waals surface area contributed by atoms with E-state index in [0.29, 0.717) is 12.3 Å². The molecule has 0 aliphatic heterocycles. The van der Waals surface area contributed by atoms with Crippen molar-refractivity contribution in [3.63, 3.8) is 0 Å². The SMILES string of the molecule is O=S(=O)(NC(CCO)C1CC1)c1c(Cl)cccc1Cl. The predicted octanol–water partition coefficient (Wildman–Crippen LogP) is 2.43. The summed E-state index contributed by atoms with van der Waals surface area (Å²) in [6.45, 7) is -0.0556. The summed E-state index contributed by atoms with van der Waals surface area (Å²) < 4.78 is 27.3. The van der Waals surface area contributed by atoms with Crippen LogP contribution in [0.25, 0.3) is 0 Å². The lowest BCUT2D eigenvalue weighted by atomic mass is 10.1. The van der Waals surface area contributed by atoms with Gasteiger partial charge in [0.2, 0.25) is 10.0 Å². The Morgan fingerprint density at radius 3 is 2.37 bits per heavy atom. The van der Waals surface area contributed by atoms with E-state index in [9.17, 15) is 8.42 Å². The number of hydrogen-bond acceptors (Lipinski definition) is 3. The molecule has 0 bridgehead atoms. The number of benzene rings is 1. The van der Waals surface area contributed by atoms with Crippen molar-refractivity contribution in [2.75, 3.05) is 6.61 Å². The van der Waals surface area contributed by atoms with Gasteiger partial charge in [-0.15, -0.1) is 0 Å². The molecule has 1 aliphatic carbocycles. The molecule has 0 heterocycles. The maximum Gasteiger partial charge on any atom is 0.243 e. The van der Waals surface area contributed by atoms with Crippen molar-refractivity contribution in [3.8, 4) is 0 Å². The monoisotopic (exact) mass is 323 g/mol. The average molecular weight is 324 g/mol. The van der Waals surface area contributed by atoms with Gasteiger partial charge in [-0.2, -0.15) is 0 Å². The fourth-order valence-corrected chi connectivity index (χ4v) is 4.51. The van der Waals surface area contributed by atoms with Crippen molar-refractivity contribution in [3.05, 3.63) is 28.2 Å². The molecule has 7 heteroatoms. The highest BCUT2D eigenvalue weighted by molar-refractivity contribution is 7.89. The van der Waals surface area contributed by atoms with Gasteiger partial charge in [0.25, 0.3) is 0 Å². The molecule has 106 valence electrons. The highest BCUT2D eigenvalue weighted by Gasteiger charge is 2.35. The Morgan fingerprint density at radius 1 is 1.32 bits per heavy atom. The standard InChI is InChI=1S/C12H15Cl2NO3S/c13-9-2-1-3-10(14)12(9)19(17,18)15-11(6-7-16)8-4-5-8/h1-3,8,11,15-16H,4-7H2. The second kappa shape index (κ2) is 5.97. The summed E-state index contributed by atoms with van der Waals surface area (Å²) in [6.07, 6.45) is 2.35. The zero-order valence-corrected chi connectivity index (χ0v) is 12.5. The Labute approximate surface area is 122 Å². The van der Waals surface area contributed by atoms with Crippen molar-refractivity contribution in [1.82, 2.24) is 4.72 Å². The number of nitrogens with one attached hydrogen (secondary N) is 1. The molecular weight excluding hydrogens is 309 g/mol. The summed E-state index contributed by atoms with van der Waals surface area (Å²) in [7, 11) is -3.77. The van der Waals surface area contributed by atoms with Crippen LogP contribution in [0.5, 0.6) is 0 Å². The fourth-order valence-electron chi connectivity index (χ4n) is 2.03. The van der Waals surface area contributed by atoms with Gasteiger partial charge in [0, 0.05) is 12.6 Å². The van der Waals surface area contributed by atoms with E-state index in [2.05, 4.69) is 4.72 Å². The molecule has 1 aliphatic rings. The summed E-state index contributed by atoms with van der Waals surface area (Å²) in [4.78, 5) is -0.0954. The first kappa shape index (κ1) is 15.1. The Bertz CT molecular complexity index is 538. The minimum absolute atomic E-state index is 0.0556. The quantitative estimate of drug-likeness (QED) is 0.845. The number of rotatable bonds is 6. The van der Waals surface area contributed by atoms with E-state index in [-0.39, 0.29) is 27.6 Å². The van der Waals surface area contributed by atoms with Gasteiger partial charge in [0.15, 0.2) is 0 Å². The van der Waals surface area contributed by atoms with Crippen LogP contribution in [0.15, 0.2) is 23.1 Å². The van der Waals surface area contributed by atoms with Gasteiger partial charge in [0.05, 0.1) is 10.0 Å². The van der Waals surface area contributed by atoms with Gasteiger partial charge in [-0.05, 0) is 37.3 Å². The lowest BCUT2D eigenvalue weighted by Gasteiger charge is -2.18. The molecule has 1 fully saturated rings. The minimum atomic E-state index is -3.77. The molecule has 0 aromatic heterocycles. The third-order valence-corrected chi connectivity index (χ3v) is 5.57. The first-order valence-electron chi connectivity index (χ1n) is 6.03. The van der Waals surface area contributed by atoms with Crippen LogP contribution < -0.4 is 4.72 Å². The van der Waals surface area contributed by atoms with Gasteiger partial charge in [0.1, 0.15) is 4.90 Å². The number of aliphatic hydroxyl groups excluding tert-OH is 1. The van der Waals surface area contributed by atoms with Crippen LogP contribution in [0.3, 0.4) is 0 Å². The lowest BCUT2D eigenvalue weighted by molar-refractivity contribution is 0.265. The van der Waals surface area contributed by atoms with E-state index in [4.69, 9.17) is 28.3 Å². The van der Waals surface area contributed by atoms with Gasteiger partial charge in [-0.1, -0.05) is 29.3 Å². The molecule has 1 aromatic rings. The zero-order valence-electron chi connectivity index (χ0n) is 10.1. The maximum atomic E-state index is 12.3. The molecule has 2 rings (SSSR count). The first-order valence-corrected chi connectivity index (χ1v) is 8.27. The number of halogens is 2. The van der Waals surface area contributed by atoms with E-state index in [1.165, 1.54) is 12.1 Å². The molecule has 0 saturated heterocycles. The molecule has 1 unspecified atom stereocenters. The molecule has 1 saturated carbocycles. The molecule has 0 spiro atoms. The van der Waals surface area contributed by atoms with Crippen LogP contribution in [0.4, 0.5) is 0 Å². The Morgan fingerprint density at radius 2 is 1.89 bits per heavy atom. The van der Waals surface area contributed by atoms with Crippen LogP contribution in [-0.4, -0.2) is 26.2 Å². The third kappa shape index (κ3) is 3.61. The van der Waals surface area contributed by atoms with E-state index < -0.39 is 10.0 Å². The van der Waals surface area contributed by atoms with Gasteiger partial charge in [-0.25, -0.2) is 13.1 Å². The van der Waals surface area contributed by atoms with E-state index in [1.54, 1.807) is 6.07 Å². The summed E-state index contributed by atoms with van der Waals surface area (Å²) in [5.74, 6) is 0.295. The van der Waals surface area contributed by atoms with Crippen LogP contribution in [-0.2, 0) is 10.0 Å². The number of hydrogen-bond donors (Lipinski definition) is 2. The van der Waals surface area contributed by atoms with E-state index >= 15 is 0 Å². The summed E-state index contributed by atoms with van der Waals surface area (Å²) in [5.41, 5.74) is 0. The van der Waals surface area contributed by atoms with Crippen molar-refractivity contribution < 1.29 is 13.5 Å². The summed E-state index contributed by atoms with van der Waals surface area (Å²) in [5, 5.41) is 9.19. The predicted molar refractivity (Wildman–Crippen MR) is 75.0 cm³/mol. The number of sulfonamides is 1. The van der Waals surface area contributed by atoms with Gasteiger partial charge >= 0.3 is 0 Å². The lowest BCUT2D eigenvalue weighted by Crippen LogP contribution is -2.37. The molecular formula is C12H15Cl2NO3S. The molecule has 1 aromatic carbocycles. The summed E-state index contributed by atoms with van der Waals surface area (Å²) >= 11 is 11.8. The van der Waals surface area contributed by atoms with Crippen molar-refractivity contribution >= 4 is 33.2 Å². The fraction of sp³-hybridized carbons (Fsp3) is 0.500. The normalized spacial score (nSPS) is 17.4. The van der Waals surface area contributed by atoms with Crippen molar-refractivity contribution in [1.29, 1.82) is 0 Å². The number of aliphatic hydroxyl groups is 1. The molecule has 0 amide bonds. The topological polar surface area (TPSA) is 66.4 Å². The van der Waals surface area contributed by atoms with Crippen LogP contribution in [0.2, 0.25) is 10.0 Å². The zero-order chi connectivity index (χ0) is 14.0. The molecule has 2 N–H and O–H groups in total. The average Bonchev–Trinajstić information content (AvgIpc) is 3.11. The van der Waals surface area contributed by atoms with E-state index in [0.717, 1.165) is 12.8 Å². The van der Waals surface area contributed by atoms with E-state index in [1.807, 2.05) is 0 Å². The third-order valence-electron chi connectivity index (χ3n) is 3.13. The Balaban J connectivity index is 2.26. The van der Waals surface area contributed by atoms with Crippen LogP contribution in [0.1, 0.15) is 19.3 Å². The Kier molecular flexibility index (Phi) is 4.74. The summed E-state index contributed by atoms with van der Waals surface area (Å²) in [6, 6.07) is 4.30. The van der Waals surface area contributed by atoms with Gasteiger partial charge in [-0.3, -0.25) is 0 Å². The molecule has 19 heavy (non-hydrogen) atoms. The second-order valence-electron chi connectivity index (χ2n) is 4.63.